The average Bonchev–Trinajstić information content (AvgIpc) is 3.09. The molecule has 9 heteroatoms. The van der Waals surface area contributed by atoms with Gasteiger partial charge in [0.15, 0.2) is 0 Å². The molecule has 0 N–H and O–H groups in total. The highest BCUT2D eigenvalue weighted by atomic mass is 19.4. The van der Waals surface area contributed by atoms with Gasteiger partial charge in [0.25, 0.3) is 5.91 Å². The molecule has 184 valence electrons. The van der Waals surface area contributed by atoms with Crippen molar-refractivity contribution in [3.05, 3.63) is 59.2 Å². The van der Waals surface area contributed by atoms with Gasteiger partial charge in [0.1, 0.15) is 5.41 Å². The highest BCUT2D eigenvalue weighted by Gasteiger charge is 2.59. The third-order valence-electron chi connectivity index (χ3n) is 7.35. The van der Waals surface area contributed by atoms with Gasteiger partial charge in [-0.1, -0.05) is 0 Å². The van der Waals surface area contributed by atoms with Crippen LogP contribution in [0.3, 0.4) is 0 Å². The standard InChI is InChI=1S/C26H26F3N3O3/c1-3-35-23(33)17-7-10-20(11-8-17)32-24(34)25(16(2)30-32)15-18-14-19(26(27,28)29)9-12-21(18)31-13-5-4-6-22(25)31/h7-12,14,22H,3-6,13,15H2,1-2H3/t22-,25-/m1/s1. The molecule has 0 aromatic heterocycles. The zero-order valence-electron chi connectivity index (χ0n) is 19.6. The van der Waals surface area contributed by atoms with Crippen LogP contribution in [0.4, 0.5) is 24.5 Å². The van der Waals surface area contributed by atoms with Crippen LogP contribution in [-0.4, -0.2) is 36.8 Å². The van der Waals surface area contributed by atoms with Crippen molar-refractivity contribution in [1.29, 1.82) is 0 Å². The first kappa shape index (κ1) is 23.4. The molecular formula is C26H26F3N3O3. The molecule has 5 rings (SSSR count). The molecule has 1 fully saturated rings. The van der Waals surface area contributed by atoms with E-state index in [-0.39, 0.29) is 25.0 Å². The van der Waals surface area contributed by atoms with Crippen molar-refractivity contribution in [3.63, 3.8) is 0 Å². The van der Waals surface area contributed by atoms with E-state index in [0.29, 0.717) is 29.1 Å². The van der Waals surface area contributed by atoms with E-state index in [1.54, 1.807) is 44.2 Å². The minimum absolute atomic E-state index is 0.166. The third kappa shape index (κ3) is 3.68. The van der Waals surface area contributed by atoms with Crippen LogP contribution in [0.2, 0.25) is 0 Å². The highest BCUT2D eigenvalue weighted by Crippen LogP contribution is 2.50. The smallest absolute Gasteiger partial charge is 0.416 e. The number of hydrazone groups is 1. The molecule has 2 aromatic carbocycles. The Bertz CT molecular complexity index is 1210. The van der Waals surface area contributed by atoms with Gasteiger partial charge >= 0.3 is 12.1 Å². The van der Waals surface area contributed by atoms with Crippen LogP contribution in [0.25, 0.3) is 0 Å². The molecule has 2 atom stereocenters. The molecule has 1 saturated heterocycles. The topological polar surface area (TPSA) is 62.2 Å². The van der Waals surface area contributed by atoms with Crippen molar-refractivity contribution < 1.29 is 27.5 Å². The summed E-state index contributed by atoms with van der Waals surface area (Å²) in [5, 5.41) is 5.93. The van der Waals surface area contributed by atoms with E-state index in [2.05, 4.69) is 10.0 Å². The predicted molar refractivity (Wildman–Crippen MR) is 126 cm³/mol. The monoisotopic (exact) mass is 485 g/mol. The predicted octanol–water partition coefficient (Wildman–Crippen LogP) is 5.21. The van der Waals surface area contributed by atoms with Crippen LogP contribution in [0.15, 0.2) is 47.6 Å². The second kappa shape index (κ2) is 8.39. The van der Waals surface area contributed by atoms with Crippen LogP contribution in [-0.2, 0) is 22.1 Å². The van der Waals surface area contributed by atoms with Crippen molar-refractivity contribution in [1.82, 2.24) is 0 Å². The Morgan fingerprint density at radius 2 is 1.91 bits per heavy atom. The van der Waals surface area contributed by atoms with Crippen LogP contribution < -0.4 is 9.91 Å². The van der Waals surface area contributed by atoms with Crippen LogP contribution in [0, 0.1) is 5.41 Å². The normalized spacial score (nSPS) is 23.7. The largest absolute Gasteiger partial charge is 0.462 e. The molecular weight excluding hydrogens is 459 g/mol. The van der Waals surface area contributed by atoms with Crippen LogP contribution in [0.1, 0.15) is 54.6 Å². The number of amides is 1. The number of alkyl halides is 3. The minimum atomic E-state index is -4.46. The fraction of sp³-hybridized carbons (Fsp3) is 0.423. The maximum absolute atomic E-state index is 14.0. The molecule has 0 saturated carbocycles. The van der Waals surface area contributed by atoms with Crippen LogP contribution in [0.5, 0.6) is 0 Å². The number of hydrogen-bond donors (Lipinski definition) is 0. The Morgan fingerprint density at radius 1 is 1.17 bits per heavy atom. The molecule has 3 aliphatic rings. The second-order valence-corrected chi connectivity index (χ2v) is 9.26. The summed E-state index contributed by atoms with van der Waals surface area (Å²) in [4.78, 5) is 28.1. The molecule has 6 nitrogen and oxygen atoms in total. The molecule has 0 unspecified atom stereocenters. The Balaban J connectivity index is 1.54. The van der Waals surface area contributed by atoms with Crippen molar-refractivity contribution in [2.24, 2.45) is 10.5 Å². The number of hydrogen-bond acceptors (Lipinski definition) is 5. The number of benzene rings is 2. The quantitative estimate of drug-likeness (QED) is 0.561. The molecule has 3 aliphatic heterocycles. The van der Waals surface area contributed by atoms with E-state index in [0.717, 1.165) is 31.0 Å². The summed E-state index contributed by atoms with van der Waals surface area (Å²) in [5.74, 6) is -0.705. The van der Waals surface area contributed by atoms with Crippen molar-refractivity contribution in [3.8, 4) is 0 Å². The number of ether oxygens (including phenoxy) is 1. The van der Waals surface area contributed by atoms with Gasteiger partial charge in [-0.2, -0.15) is 23.3 Å². The minimum Gasteiger partial charge on any atom is -0.462 e. The lowest BCUT2D eigenvalue weighted by Crippen LogP contribution is -2.61. The molecule has 1 amide bonds. The van der Waals surface area contributed by atoms with Gasteiger partial charge in [0.2, 0.25) is 0 Å². The third-order valence-corrected chi connectivity index (χ3v) is 7.35. The Labute approximate surface area is 201 Å². The summed E-state index contributed by atoms with van der Waals surface area (Å²) in [6.45, 7) is 4.45. The number of fused-ring (bicyclic) bond motifs is 4. The molecule has 0 radical (unpaired) electrons. The number of carbonyl (C=O) groups excluding carboxylic acids is 2. The number of anilines is 2. The van der Waals surface area contributed by atoms with E-state index < -0.39 is 23.1 Å². The Morgan fingerprint density at radius 3 is 2.60 bits per heavy atom. The van der Waals surface area contributed by atoms with E-state index in [4.69, 9.17) is 4.74 Å². The maximum atomic E-state index is 14.0. The molecule has 3 heterocycles. The van der Waals surface area contributed by atoms with Crippen molar-refractivity contribution in [2.45, 2.75) is 51.7 Å². The van der Waals surface area contributed by atoms with Gasteiger partial charge in [-0.25, -0.2) is 4.79 Å². The average molecular weight is 486 g/mol. The van der Waals surface area contributed by atoms with Gasteiger partial charge in [0.05, 0.1) is 29.1 Å². The number of rotatable bonds is 3. The first-order valence-electron chi connectivity index (χ1n) is 11.8. The summed E-state index contributed by atoms with van der Waals surface area (Å²) in [5.41, 5.74) is 0.980. The van der Waals surface area contributed by atoms with E-state index in [1.165, 1.54) is 11.1 Å². The molecule has 0 aliphatic carbocycles. The molecule has 1 spiro atoms. The van der Waals surface area contributed by atoms with Gasteiger partial charge in [-0.15, -0.1) is 0 Å². The lowest BCUT2D eigenvalue weighted by molar-refractivity contribution is -0.137. The van der Waals surface area contributed by atoms with Gasteiger partial charge in [0, 0.05) is 18.3 Å². The summed E-state index contributed by atoms with van der Waals surface area (Å²) in [6.07, 6.45) is -1.69. The number of piperidine rings is 1. The number of carbonyl (C=O) groups is 2. The Hall–Kier alpha value is -3.36. The van der Waals surface area contributed by atoms with Gasteiger partial charge < -0.3 is 9.64 Å². The summed E-state index contributed by atoms with van der Waals surface area (Å²) in [6, 6.07) is 10.1. The Kier molecular flexibility index (Phi) is 5.61. The lowest BCUT2D eigenvalue weighted by Gasteiger charge is -2.51. The summed E-state index contributed by atoms with van der Waals surface area (Å²) < 4.78 is 45.5. The van der Waals surface area contributed by atoms with E-state index in [9.17, 15) is 22.8 Å². The fourth-order valence-electron chi connectivity index (χ4n) is 5.68. The number of nitrogens with zero attached hydrogens (tertiary/aromatic N) is 3. The second-order valence-electron chi connectivity index (χ2n) is 9.26. The summed E-state index contributed by atoms with van der Waals surface area (Å²) in [7, 11) is 0. The fourth-order valence-corrected chi connectivity index (χ4v) is 5.68. The zero-order valence-corrected chi connectivity index (χ0v) is 19.6. The lowest BCUT2D eigenvalue weighted by atomic mass is 9.65. The molecule has 0 bridgehead atoms. The zero-order chi connectivity index (χ0) is 25.0. The van der Waals surface area contributed by atoms with Crippen LogP contribution >= 0.6 is 0 Å². The van der Waals surface area contributed by atoms with Crippen molar-refractivity contribution >= 4 is 29.0 Å². The number of halogens is 3. The molecule has 2 aromatic rings. The highest BCUT2D eigenvalue weighted by molar-refractivity contribution is 6.20. The SMILES string of the molecule is CCOC(=O)c1ccc(N2N=C(C)[C@@]3(Cc4cc(C(F)(F)F)ccc4N4CCCC[C@@H]43)C2=O)cc1. The number of esters is 1. The first-order valence-corrected chi connectivity index (χ1v) is 11.8. The van der Waals surface area contributed by atoms with E-state index in [1.807, 2.05) is 0 Å². The maximum Gasteiger partial charge on any atom is 0.416 e. The van der Waals surface area contributed by atoms with Crippen molar-refractivity contribution in [2.75, 3.05) is 23.1 Å². The molecule has 35 heavy (non-hydrogen) atoms. The van der Waals surface area contributed by atoms with Gasteiger partial charge in [-0.3, -0.25) is 4.79 Å². The van der Waals surface area contributed by atoms with Gasteiger partial charge in [-0.05, 0) is 87.6 Å². The summed E-state index contributed by atoms with van der Waals surface area (Å²) >= 11 is 0. The van der Waals surface area contributed by atoms with E-state index >= 15 is 0 Å². The first-order chi connectivity index (χ1) is 16.7.